The zero-order valence-electron chi connectivity index (χ0n) is 14.7. The van der Waals surface area contributed by atoms with Crippen LogP contribution in [0.3, 0.4) is 0 Å². The number of carbonyl (C=O) groups is 2. The molecule has 0 bridgehead atoms. The number of nitrogens with zero attached hydrogens (tertiary/aromatic N) is 2. The summed E-state index contributed by atoms with van der Waals surface area (Å²) in [6, 6.07) is 4.18. The zero-order chi connectivity index (χ0) is 20.1. The molecule has 0 spiro atoms. The van der Waals surface area contributed by atoms with Crippen LogP contribution in [0, 0.1) is 0 Å². The van der Waals surface area contributed by atoms with Crippen molar-refractivity contribution >= 4 is 28.3 Å². The number of hydrogen-bond acceptors (Lipinski definition) is 5. The van der Waals surface area contributed by atoms with Crippen LogP contribution in [-0.4, -0.2) is 47.5 Å². The second kappa shape index (κ2) is 8.70. The minimum Gasteiger partial charge on any atom is -0.376 e. The van der Waals surface area contributed by atoms with Crippen molar-refractivity contribution in [2.24, 2.45) is 0 Å². The number of carbonyl (C=O) groups excluding carboxylic acids is 2. The number of nitrogens with one attached hydrogen (secondary N) is 1. The van der Waals surface area contributed by atoms with Gasteiger partial charge in [-0.05, 0) is 31.0 Å². The van der Waals surface area contributed by atoms with E-state index in [1.54, 1.807) is 5.38 Å². The maximum atomic E-state index is 13.0. The first-order chi connectivity index (χ1) is 13.3. The SMILES string of the molecule is O=C(CN(CC1CCCO1)C(=O)c1cccc(C(F)(F)F)c1)Nc1nccs1. The molecule has 1 aromatic carbocycles. The average molecular weight is 413 g/mol. The van der Waals surface area contributed by atoms with Gasteiger partial charge in [0.15, 0.2) is 5.13 Å². The Morgan fingerprint density at radius 1 is 1.36 bits per heavy atom. The first kappa shape index (κ1) is 20.3. The number of benzene rings is 1. The van der Waals surface area contributed by atoms with Crippen LogP contribution in [0.5, 0.6) is 0 Å². The van der Waals surface area contributed by atoms with E-state index in [0.29, 0.717) is 11.7 Å². The maximum Gasteiger partial charge on any atom is 0.416 e. The number of rotatable bonds is 6. The van der Waals surface area contributed by atoms with Crippen molar-refractivity contribution in [3.63, 3.8) is 0 Å². The van der Waals surface area contributed by atoms with E-state index in [1.807, 2.05) is 0 Å². The van der Waals surface area contributed by atoms with Crippen molar-refractivity contribution in [2.45, 2.75) is 25.1 Å². The summed E-state index contributed by atoms with van der Waals surface area (Å²) in [5.41, 5.74) is -1.04. The molecule has 1 unspecified atom stereocenters. The molecule has 1 fully saturated rings. The Morgan fingerprint density at radius 3 is 2.82 bits per heavy atom. The molecule has 1 aliphatic rings. The van der Waals surface area contributed by atoms with Gasteiger partial charge in [0.2, 0.25) is 5.91 Å². The van der Waals surface area contributed by atoms with Gasteiger partial charge in [-0.3, -0.25) is 9.59 Å². The highest BCUT2D eigenvalue weighted by molar-refractivity contribution is 7.13. The van der Waals surface area contributed by atoms with Crippen molar-refractivity contribution < 1.29 is 27.5 Å². The lowest BCUT2D eigenvalue weighted by Crippen LogP contribution is -2.42. The van der Waals surface area contributed by atoms with Gasteiger partial charge in [0.05, 0.1) is 11.7 Å². The predicted octanol–water partition coefficient (Wildman–Crippen LogP) is 3.42. The van der Waals surface area contributed by atoms with Gasteiger partial charge in [-0.1, -0.05) is 6.07 Å². The molecule has 2 amide bonds. The van der Waals surface area contributed by atoms with Crippen LogP contribution < -0.4 is 5.32 Å². The molecular weight excluding hydrogens is 395 g/mol. The fourth-order valence-electron chi connectivity index (χ4n) is 2.88. The number of amides is 2. The third-order valence-electron chi connectivity index (χ3n) is 4.19. The van der Waals surface area contributed by atoms with Crippen LogP contribution in [0.1, 0.15) is 28.8 Å². The largest absolute Gasteiger partial charge is 0.416 e. The monoisotopic (exact) mass is 413 g/mol. The van der Waals surface area contributed by atoms with E-state index >= 15 is 0 Å². The molecule has 1 saturated heterocycles. The van der Waals surface area contributed by atoms with E-state index in [4.69, 9.17) is 4.74 Å². The number of anilines is 1. The molecule has 1 aliphatic heterocycles. The summed E-state index contributed by atoms with van der Waals surface area (Å²) in [6.07, 6.45) is -1.72. The Hall–Kier alpha value is -2.46. The predicted molar refractivity (Wildman–Crippen MR) is 97.1 cm³/mol. The lowest BCUT2D eigenvalue weighted by molar-refractivity contribution is -0.137. The van der Waals surface area contributed by atoms with Crippen LogP contribution in [0.4, 0.5) is 18.3 Å². The van der Waals surface area contributed by atoms with E-state index in [-0.39, 0.29) is 24.8 Å². The van der Waals surface area contributed by atoms with Crippen LogP contribution in [-0.2, 0) is 15.7 Å². The van der Waals surface area contributed by atoms with E-state index in [2.05, 4.69) is 10.3 Å². The summed E-state index contributed by atoms with van der Waals surface area (Å²) in [5.74, 6) is -1.14. The zero-order valence-corrected chi connectivity index (χ0v) is 15.6. The first-order valence-electron chi connectivity index (χ1n) is 8.60. The summed E-state index contributed by atoms with van der Waals surface area (Å²) in [7, 11) is 0. The van der Waals surface area contributed by atoms with Gasteiger partial charge >= 0.3 is 6.18 Å². The van der Waals surface area contributed by atoms with Crippen LogP contribution in [0.2, 0.25) is 0 Å². The molecule has 6 nitrogen and oxygen atoms in total. The minimum atomic E-state index is -4.56. The second-order valence-corrected chi connectivity index (χ2v) is 7.18. The van der Waals surface area contributed by atoms with E-state index in [9.17, 15) is 22.8 Å². The van der Waals surface area contributed by atoms with Gasteiger partial charge in [0.1, 0.15) is 6.54 Å². The molecular formula is C18H18F3N3O3S. The normalized spacial score (nSPS) is 16.8. The molecule has 0 aliphatic carbocycles. The Kier molecular flexibility index (Phi) is 6.30. The van der Waals surface area contributed by atoms with Crippen molar-refractivity contribution in [1.29, 1.82) is 0 Å². The topological polar surface area (TPSA) is 71.5 Å². The molecule has 3 rings (SSSR count). The van der Waals surface area contributed by atoms with Crippen molar-refractivity contribution in [2.75, 3.05) is 25.0 Å². The third-order valence-corrected chi connectivity index (χ3v) is 4.87. The van der Waals surface area contributed by atoms with Crippen LogP contribution in [0.25, 0.3) is 0 Å². The number of hydrogen-bond donors (Lipinski definition) is 1. The van der Waals surface area contributed by atoms with Gasteiger partial charge < -0.3 is 15.0 Å². The number of halogens is 3. The molecule has 2 heterocycles. The quantitative estimate of drug-likeness (QED) is 0.788. The highest BCUT2D eigenvalue weighted by atomic mass is 32.1. The number of thiazole rings is 1. The summed E-state index contributed by atoms with van der Waals surface area (Å²) < 4.78 is 44.4. The van der Waals surface area contributed by atoms with Crippen LogP contribution >= 0.6 is 11.3 Å². The molecule has 0 saturated carbocycles. The fraction of sp³-hybridized carbons (Fsp3) is 0.389. The Balaban J connectivity index is 1.77. The molecule has 1 N–H and O–H groups in total. The summed E-state index contributed by atoms with van der Waals surface area (Å²) >= 11 is 1.22. The molecule has 1 aromatic heterocycles. The molecule has 2 aromatic rings. The molecule has 1 atom stereocenters. The van der Waals surface area contributed by atoms with Crippen molar-refractivity contribution in [1.82, 2.24) is 9.88 Å². The lowest BCUT2D eigenvalue weighted by atomic mass is 10.1. The van der Waals surface area contributed by atoms with Gasteiger partial charge in [0, 0.05) is 30.3 Å². The second-order valence-electron chi connectivity index (χ2n) is 6.28. The molecule has 28 heavy (non-hydrogen) atoms. The van der Waals surface area contributed by atoms with E-state index < -0.39 is 23.6 Å². The average Bonchev–Trinajstić information content (AvgIpc) is 3.34. The number of alkyl halides is 3. The molecule has 10 heteroatoms. The van der Waals surface area contributed by atoms with Gasteiger partial charge in [0.25, 0.3) is 5.91 Å². The summed E-state index contributed by atoms with van der Waals surface area (Å²) in [6.45, 7) is 0.371. The van der Waals surface area contributed by atoms with Crippen LogP contribution in [0.15, 0.2) is 35.8 Å². The van der Waals surface area contributed by atoms with Crippen molar-refractivity contribution in [3.05, 3.63) is 47.0 Å². The number of ether oxygens (including phenoxy) is 1. The highest BCUT2D eigenvalue weighted by Crippen LogP contribution is 2.30. The first-order valence-corrected chi connectivity index (χ1v) is 9.48. The third kappa shape index (κ3) is 5.29. The maximum absolute atomic E-state index is 13.0. The highest BCUT2D eigenvalue weighted by Gasteiger charge is 2.32. The standard InChI is InChI=1S/C18H18F3N3O3S/c19-18(20,21)13-4-1-3-12(9-13)16(26)24(10-14-5-2-7-27-14)11-15(25)23-17-22-6-8-28-17/h1,3-4,6,8-9,14H,2,5,7,10-11H2,(H,22,23,25). The van der Waals surface area contributed by atoms with E-state index in [0.717, 1.165) is 25.0 Å². The fourth-order valence-corrected chi connectivity index (χ4v) is 3.43. The van der Waals surface area contributed by atoms with Crippen molar-refractivity contribution in [3.8, 4) is 0 Å². The van der Waals surface area contributed by atoms with Gasteiger partial charge in [-0.25, -0.2) is 4.98 Å². The van der Waals surface area contributed by atoms with Gasteiger partial charge in [-0.15, -0.1) is 11.3 Å². The summed E-state index contributed by atoms with van der Waals surface area (Å²) in [4.78, 5) is 30.3. The van der Waals surface area contributed by atoms with Gasteiger partial charge in [-0.2, -0.15) is 13.2 Å². The molecule has 0 radical (unpaired) electrons. The Morgan fingerprint density at radius 2 is 2.18 bits per heavy atom. The summed E-state index contributed by atoms with van der Waals surface area (Å²) in [5, 5.41) is 4.64. The minimum absolute atomic E-state index is 0.125. The molecule has 150 valence electrons. The smallest absolute Gasteiger partial charge is 0.376 e. The Labute approximate surface area is 163 Å². The van der Waals surface area contributed by atoms with E-state index in [1.165, 1.54) is 34.6 Å². The lowest BCUT2D eigenvalue weighted by Gasteiger charge is -2.25. The number of aromatic nitrogens is 1. The Bertz CT molecular complexity index is 821.